The molecule has 0 aromatic rings. The largest absolute Gasteiger partial charge is 0.462 e. The second-order valence-corrected chi connectivity index (χ2v) is 10.2. The summed E-state index contributed by atoms with van der Waals surface area (Å²) in [5, 5.41) is 0. The molecule has 0 saturated heterocycles. The Balaban J connectivity index is 0. The van der Waals surface area contributed by atoms with Crippen LogP contribution in [-0.4, -0.2) is 35.2 Å². The van der Waals surface area contributed by atoms with Crippen LogP contribution < -0.4 is 0 Å². The van der Waals surface area contributed by atoms with E-state index in [1.807, 2.05) is 27.7 Å². The van der Waals surface area contributed by atoms with Crippen LogP contribution in [0, 0.1) is 11.3 Å². The molecule has 190 valence electrons. The Morgan fingerprint density at radius 3 is 1.28 bits per heavy atom. The molecule has 0 fully saturated rings. The molecule has 1 unspecified atom stereocenters. The van der Waals surface area contributed by atoms with Crippen LogP contribution in [0.4, 0.5) is 0 Å². The quantitative estimate of drug-likeness (QED) is 0.0752. The molecule has 0 amide bonds. The number of hydrogen-bond acceptors (Lipinski definition) is 3. The SMILES string of the molecule is CCCCCCCCCCCCCCCCCCC(C(C)=O)(C(=O)OC(C)C)C(C)C.[AlH3]. The Bertz CT molecular complexity index is 462. The minimum Gasteiger partial charge on any atom is -0.462 e. The highest BCUT2D eigenvalue weighted by Gasteiger charge is 2.47. The van der Waals surface area contributed by atoms with E-state index in [2.05, 4.69) is 6.92 Å². The minimum absolute atomic E-state index is 0. The van der Waals surface area contributed by atoms with E-state index in [-0.39, 0.29) is 41.1 Å². The van der Waals surface area contributed by atoms with E-state index in [1.165, 1.54) is 89.9 Å². The van der Waals surface area contributed by atoms with Crippen molar-refractivity contribution in [3.8, 4) is 0 Å². The van der Waals surface area contributed by atoms with Crippen molar-refractivity contribution in [3.63, 3.8) is 0 Å². The summed E-state index contributed by atoms with van der Waals surface area (Å²) in [6.07, 6.45) is 21.6. The van der Waals surface area contributed by atoms with E-state index in [0.717, 1.165) is 12.8 Å². The first-order chi connectivity index (χ1) is 14.8. The van der Waals surface area contributed by atoms with Gasteiger partial charge in [-0.25, -0.2) is 0 Å². The summed E-state index contributed by atoms with van der Waals surface area (Å²) in [5.41, 5.74) is -0.972. The molecular formula is C28H57AlO3. The summed E-state index contributed by atoms with van der Waals surface area (Å²) in [6, 6.07) is 0. The highest BCUT2D eigenvalue weighted by molar-refractivity contribution is 6.03. The molecule has 32 heavy (non-hydrogen) atoms. The van der Waals surface area contributed by atoms with Crippen molar-refractivity contribution >= 4 is 29.1 Å². The van der Waals surface area contributed by atoms with E-state index in [1.54, 1.807) is 6.92 Å². The number of rotatable bonds is 21. The Morgan fingerprint density at radius 1 is 0.656 bits per heavy atom. The number of hydrogen-bond donors (Lipinski definition) is 0. The van der Waals surface area contributed by atoms with Gasteiger partial charge in [0.25, 0.3) is 0 Å². The second kappa shape index (κ2) is 21.2. The zero-order chi connectivity index (χ0) is 23.5. The van der Waals surface area contributed by atoms with Crippen LogP contribution in [0.25, 0.3) is 0 Å². The topological polar surface area (TPSA) is 43.4 Å². The smallest absolute Gasteiger partial charge is 0.320 e. The van der Waals surface area contributed by atoms with Crippen molar-refractivity contribution in [3.05, 3.63) is 0 Å². The first-order valence-electron chi connectivity index (χ1n) is 13.5. The molecule has 3 nitrogen and oxygen atoms in total. The van der Waals surface area contributed by atoms with Gasteiger partial charge in [0.1, 0.15) is 11.2 Å². The first kappa shape index (κ1) is 33.8. The van der Waals surface area contributed by atoms with Crippen LogP contribution in [0.1, 0.15) is 151 Å². The highest BCUT2D eigenvalue weighted by atomic mass is 27.0. The molecule has 0 heterocycles. The molecule has 0 aliphatic rings. The summed E-state index contributed by atoms with van der Waals surface area (Å²) in [6.45, 7) is 11.5. The van der Waals surface area contributed by atoms with Crippen molar-refractivity contribution in [1.82, 2.24) is 0 Å². The van der Waals surface area contributed by atoms with Crippen LogP contribution in [0.2, 0.25) is 0 Å². The molecule has 0 radical (unpaired) electrons. The molecule has 0 aliphatic heterocycles. The van der Waals surface area contributed by atoms with Crippen LogP contribution >= 0.6 is 0 Å². The van der Waals surface area contributed by atoms with E-state index < -0.39 is 5.41 Å². The molecule has 0 saturated carbocycles. The van der Waals surface area contributed by atoms with Crippen LogP contribution in [0.5, 0.6) is 0 Å². The molecule has 0 N–H and O–H groups in total. The minimum atomic E-state index is -0.972. The van der Waals surface area contributed by atoms with Gasteiger partial charge < -0.3 is 4.74 Å². The van der Waals surface area contributed by atoms with E-state index in [9.17, 15) is 9.59 Å². The van der Waals surface area contributed by atoms with E-state index in [0.29, 0.717) is 6.42 Å². The lowest BCUT2D eigenvalue weighted by Crippen LogP contribution is -2.44. The maximum Gasteiger partial charge on any atom is 0.320 e. The summed E-state index contributed by atoms with van der Waals surface area (Å²) in [7, 11) is 0. The summed E-state index contributed by atoms with van der Waals surface area (Å²) in [5.74, 6) is -0.410. The first-order valence-corrected chi connectivity index (χ1v) is 13.5. The third-order valence-electron chi connectivity index (χ3n) is 6.75. The van der Waals surface area contributed by atoms with Gasteiger partial charge in [0.2, 0.25) is 0 Å². The third-order valence-corrected chi connectivity index (χ3v) is 6.75. The highest BCUT2D eigenvalue weighted by Crippen LogP contribution is 2.37. The van der Waals surface area contributed by atoms with Crippen molar-refractivity contribution in [2.45, 2.75) is 157 Å². The monoisotopic (exact) mass is 468 g/mol. The number of ether oxygens (including phenoxy) is 1. The van der Waals surface area contributed by atoms with Gasteiger partial charge in [-0.1, -0.05) is 124 Å². The van der Waals surface area contributed by atoms with Gasteiger partial charge in [-0.05, 0) is 33.1 Å². The van der Waals surface area contributed by atoms with Crippen LogP contribution in [0.3, 0.4) is 0 Å². The lowest BCUT2D eigenvalue weighted by molar-refractivity contribution is -0.167. The standard InChI is InChI=1S/C28H54O3.Al.3H/c1-7-8-9-10-11-12-13-14-15-16-17-18-19-20-21-22-23-28(24(2)3,26(6)29)27(30)31-25(4)5;;;;/h24-25H,7-23H2,1-6H3;;;;. The summed E-state index contributed by atoms with van der Waals surface area (Å²) in [4.78, 5) is 25.1. The molecule has 1 atom stereocenters. The number of unbranched alkanes of at least 4 members (excludes halogenated alkanes) is 15. The normalized spacial score (nSPS) is 13.1. The average Bonchev–Trinajstić information content (AvgIpc) is 2.69. The molecule has 0 aromatic heterocycles. The predicted molar refractivity (Wildman–Crippen MR) is 143 cm³/mol. The summed E-state index contributed by atoms with van der Waals surface area (Å²) < 4.78 is 5.46. The Hall–Kier alpha value is -0.328. The number of esters is 1. The molecule has 4 heteroatoms. The third kappa shape index (κ3) is 14.7. The fourth-order valence-electron chi connectivity index (χ4n) is 4.62. The fraction of sp³-hybridized carbons (Fsp3) is 0.929. The van der Waals surface area contributed by atoms with Gasteiger partial charge in [0.05, 0.1) is 6.10 Å². The number of ketones is 1. The van der Waals surface area contributed by atoms with Gasteiger partial charge in [-0.2, -0.15) is 0 Å². The average molecular weight is 469 g/mol. The van der Waals surface area contributed by atoms with Gasteiger partial charge in [0.15, 0.2) is 17.4 Å². The van der Waals surface area contributed by atoms with Gasteiger partial charge in [-0.15, -0.1) is 0 Å². The molecule has 0 aromatic carbocycles. The van der Waals surface area contributed by atoms with Crippen LogP contribution in [0.15, 0.2) is 0 Å². The maximum atomic E-state index is 12.7. The van der Waals surface area contributed by atoms with E-state index >= 15 is 0 Å². The second-order valence-electron chi connectivity index (χ2n) is 10.2. The lowest BCUT2D eigenvalue weighted by Gasteiger charge is -2.33. The van der Waals surface area contributed by atoms with Crippen molar-refractivity contribution in [2.75, 3.05) is 0 Å². The Labute approximate surface area is 211 Å². The lowest BCUT2D eigenvalue weighted by atomic mass is 9.70. The van der Waals surface area contributed by atoms with E-state index in [4.69, 9.17) is 4.74 Å². The molecule has 0 rings (SSSR count). The van der Waals surface area contributed by atoms with Gasteiger partial charge in [-0.3, -0.25) is 9.59 Å². The van der Waals surface area contributed by atoms with Gasteiger partial charge >= 0.3 is 5.97 Å². The zero-order valence-corrected chi connectivity index (χ0v) is 21.9. The number of carbonyl (C=O) groups is 2. The maximum absolute atomic E-state index is 12.7. The Kier molecular flexibility index (Phi) is 22.4. The van der Waals surface area contributed by atoms with Crippen LogP contribution in [-0.2, 0) is 14.3 Å². The zero-order valence-electron chi connectivity index (χ0n) is 21.9. The number of Topliss-reactive ketones (excluding diaryl/α,β-unsaturated/α-hetero) is 1. The molecular weight excluding hydrogens is 411 g/mol. The number of carbonyl (C=O) groups excluding carboxylic acids is 2. The van der Waals surface area contributed by atoms with Gasteiger partial charge in [0, 0.05) is 0 Å². The Morgan fingerprint density at radius 2 is 1.00 bits per heavy atom. The van der Waals surface area contributed by atoms with Crippen molar-refractivity contribution < 1.29 is 14.3 Å². The molecule has 0 aliphatic carbocycles. The van der Waals surface area contributed by atoms with Crippen molar-refractivity contribution in [2.24, 2.45) is 11.3 Å². The van der Waals surface area contributed by atoms with Crippen molar-refractivity contribution in [1.29, 1.82) is 0 Å². The fourth-order valence-corrected chi connectivity index (χ4v) is 4.62. The molecule has 0 spiro atoms. The summed E-state index contributed by atoms with van der Waals surface area (Å²) >= 11 is 0. The predicted octanol–water partition coefficient (Wildman–Crippen LogP) is 7.64. The molecule has 0 bridgehead atoms.